The lowest BCUT2D eigenvalue weighted by Crippen LogP contribution is -2.52. The number of aliphatic imine (C=N–C) groups is 1. The van der Waals surface area contributed by atoms with Crippen LogP contribution in [0.3, 0.4) is 0 Å². The summed E-state index contributed by atoms with van der Waals surface area (Å²) in [6.45, 7) is 9.24. The first-order chi connectivity index (χ1) is 11.9. The Balaban J connectivity index is 1.45. The van der Waals surface area contributed by atoms with E-state index in [9.17, 15) is 0 Å². The second-order valence-electron chi connectivity index (χ2n) is 6.42. The molecule has 0 spiro atoms. The molecule has 1 aliphatic carbocycles. The minimum Gasteiger partial charge on any atom is -0.379 e. The van der Waals surface area contributed by atoms with Crippen molar-refractivity contribution in [2.45, 2.75) is 19.8 Å². The molecule has 1 saturated heterocycles. The van der Waals surface area contributed by atoms with Crippen molar-refractivity contribution >= 4 is 11.8 Å². The molecule has 1 N–H and O–H groups in total. The Kier molecular flexibility index (Phi) is 6.29. The van der Waals surface area contributed by atoms with Crippen LogP contribution in [0, 0.1) is 5.92 Å². The van der Waals surface area contributed by atoms with Crippen molar-refractivity contribution in [3.8, 4) is 0 Å². The minimum atomic E-state index is 0.722. The number of rotatable bonds is 7. The maximum absolute atomic E-state index is 5.68. The lowest BCUT2D eigenvalue weighted by Gasteiger charge is -2.37. The summed E-state index contributed by atoms with van der Waals surface area (Å²) in [4.78, 5) is 13.8. The van der Waals surface area contributed by atoms with E-state index in [1.54, 1.807) is 0 Å². The van der Waals surface area contributed by atoms with Gasteiger partial charge in [0.1, 0.15) is 5.82 Å². The largest absolute Gasteiger partial charge is 0.379 e. The fourth-order valence-corrected chi connectivity index (χ4v) is 2.86. The SMILES string of the molecule is CCNC(=NCCOCC1CC1)N1CCN(c2ccccn2)CC1. The molecule has 0 radical (unpaired) electrons. The van der Waals surface area contributed by atoms with E-state index < -0.39 is 0 Å². The average Bonchev–Trinajstić information content (AvgIpc) is 3.46. The highest BCUT2D eigenvalue weighted by Gasteiger charge is 2.21. The molecular formula is C18H29N5O. The van der Waals surface area contributed by atoms with E-state index in [2.05, 4.69) is 33.1 Å². The lowest BCUT2D eigenvalue weighted by molar-refractivity contribution is 0.131. The molecule has 1 aromatic rings. The predicted molar refractivity (Wildman–Crippen MR) is 97.5 cm³/mol. The van der Waals surface area contributed by atoms with Crippen LogP contribution in [0.1, 0.15) is 19.8 Å². The Bertz CT molecular complexity index is 509. The number of aromatic nitrogens is 1. The van der Waals surface area contributed by atoms with Gasteiger partial charge in [-0.3, -0.25) is 4.99 Å². The molecule has 0 unspecified atom stereocenters. The Morgan fingerprint density at radius 3 is 2.79 bits per heavy atom. The molecule has 1 saturated carbocycles. The maximum Gasteiger partial charge on any atom is 0.194 e. The number of ether oxygens (including phenoxy) is 1. The zero-order valence-corrected chi connectivity index (χ0v) is 14.7. The highest BCUT2D eigenvalue weighted by Crippen LogP contribution is 2.28. The average molecular weight is 331 g/mol. The number of nitrogens with one attached hydrogen (secondary N) is 1. The molecule has 0 aromatic carbocycles. The summed E-state index contributed by atoms with van der Waals surface area (Å²) in [5.74, 6) is 2.89. The summed E-state index contributed by atoms with van der Waals surface area (Å²) in [5, 5.41) is 3.41. The van der Waals surface area contributed by atoms with Gasteiger partial charge < -0.3 is 19.9 Å². The van der Waals surface area contributed by atoms with Crippen LogP contribution in [0.4, 0.5) is 5.82 Å². The first-order valence-corrected chi connectivity index (χ1v) is 9.14. The number of piperazine rings is 1. The number of anilines is 1. The van der Waals surface area contributed by atoms with Crippen LogP contribution in [-0.2, 0) is 4.74 Å². The van der Waals surface area contributed by atoms with Gasteiger partial charge in [0.2, 0.25) is 0 Å². The molecule has 6 heteroatoms. The van der Waals surface area contributed by atoms with Crippen LogP contribution >= 0.6 is 0 Å². The quantitative estimate of drug-likeness (QED) is 0.467. The number of hydrogen-bond donors (Lipinski definition) is 1. The molecule has 1 aromatic heterocycles. The van der Waals surface area contributed by atoms with Gasteiger partial charge in [0, 0.05) is 45.5 Å². The predicted octanol–water partition coefficient (Wildman–Crippen LogP) is 1.60. The van der Waals surface area contributed by atoms with Gasteiger partial charge in [-0.05, 0) is 37.8 Å². The maximum atomic E-state index is 5.68. The molecule has 2 heterocycles. The Morgan fingerprint density at radius 1 is 1.29 bits per heavy atom. The molecule has 24 heavy (non-hydrogen) atoms. The second kappa shape index (κ2) is 8.87. The van der Waals surface area contributed by atoms with E-state index in [1.807, 2.05) is 18.3 Å². The first-order valence-electron chi connectivity index (χ1n) is 9.14. The summed E-state index contributed by atoms with van der Waals surface area (Å²) < 4.78 is 5.68. The van der Waals surface area contributed by atoms with Gasteiger partial charge in [0.15, 0.2) is 5.96 Å². The monoisotopic (exact) mass is 331 g/mol. The molecule has 1 aliphatic heterocycles. The van der Waals surface area contributed by atoms with Gasteiger partial charge in [0.25, 0.3) is 0 Å². The molecule has 0 amide bonds. The number of pyridine rings is 1. The minimum absolute atomic E-state index is 0.722. The standard InChI is InChI=1S/C18H29N5O/c1-2-19-18(21-9-14-24-15-16-6-7-16)23-12-10-22(11-13-23)17-5-3-4-8-20-17/h3-5,8,16H,2,6-7,9-15H2,1H3,(H,19,21). The van der Waals surface area contributed by atoms with Crippen molar-refractivity contribution in [2.75, 3.05) is 57.4 Å². The third-order valence-corrected chi connectivity index (χ3v) is 4.44. The van der Waals surface area contributed by atoms with Crippen LogP contribution < -0.4 is 10.2 Å². The molecule has 6 nitrogen and oxygen atoms in total. The van der Waals surface area contributed by atoms with Crippen molar-refractivity contribution in [3.05, 3.63) is 24.4 Å². The van der Waals surface area contributed by atoms with Gasteiger partial charge in [-0.2, -0.15) is 0 Å². The molecule has 3 rings (SSSR count). The smallest absolute Gasteiger partial charge is 0.194 e. The molecular weight excluding hydrogens is 302 g/mol. The number of hydrogen-bond acceptors (Lipinski definition) is 4. The van der Waals surface area contributed by atoms with E-state index in [0.717, 1.165) is 70.2 Å². The van der Waals surface area contributed by atoms with Gasteiger partial charge in [-0.25, -0.2) is 4.98 Å². The first kappa shape index (κ1) is 17.0. The fraction of sp³-hybridized carbons (Fsp3) is 0.667. The van der Waals surface area contributed by atoms with Crippen LogP contribution in [0.25, 0.3) is 0 Å². The van der Waals surface area contributed by atoms with E-state index in [-0.39, 0.29) is 0 Å². The van der Waals surface area contributed by atoms with Crippen molar-refractivity contribution in [1.29, 1.82) is 0 Å². The highest BCUT2D eigenvalue weighted by atomic mass is 16.5. The Labute approximate surface area is 144 Å². The Hall–Kier alpha value is -1.82. The molecule has 2 fully saturated rings. The second-order valence-corrected chi connectivity index (χ2v) is 6.42. The van der Waals surface area contributed by atoms with Crippen LogP contribution in [0.2, 0.25) is 0 Å². The Morgan fingerprint density at radius 2 is 2.12 bits per heavy atom. The highest BCUT2D eigenvalue weighted by molar-refractivity contribution is 5.80. The number of nitrogens with zero attached hydrogens (tertiary/aromatic N) is 4. The normalized spacial score (nSPS) is 18.8. The fourth-order valence-electron chi connectivity index (χ4n) is 2.86. The third-order valence-electron chi connectivity index (χ3n) is 4.44. The summed E-state index contributed by atoms with van der Waals surface area (Å²) in [6, 6.07) is 6.08. The zero-order chi connectivity index (χ0) is 16.6. The van der Waals surface area contributed by atoms with Gasteiger partial charge in [-0.15, -0.1) is 0 Å². The summed E-state index contributed by atoms with van der Waals surface area (Å²) >= 11 is 0. The topological polar surface area (TPSA) is 53.0 Å². The van der Waals surface area contributed by atoms with Gasteiger partial charge in [-0.1, -0.05) is 6.07 Å². The molecule has 0 atom stereocenters. The van der Waals surface area contributed by atoms with E-state index in [0.29, 0.717) is 0 Å². The van der Waals surface area contributed by atoms with Gasteiger partial charge in [0.05, 0.1) is 13.2 Å². The zero-order valence-electron chi connectivity index (χ0n) is 14.7. The van der Waals surface area contributed by atoms with Crippen molar-refractivity contribution in [3.63, 3.8) is 0 Å². The molecule has 132 valence electrons. The van der Waals surface area contributed by atoms with Crippen molar-refractivity contribution < 1.29 is 4.74 Å². The van der Waals surface area contributed by atoms with Crippen LogP contribution in [0.15, 0.2) is 29.4 Å². The van der Waals surface area contributed by atoms with Crippen LogP contribution in [0.5, 0.6) is 0 Å². The summed E-state index contributed by atoms with van der Waals surface area (Å²) in [6.07, 6.45) is 4.54. The lowest BCUT2D eigenvalue weighted by atomic mass is 10.3. The van der Waals surface area contributed by atoms with E-state index >= 15 is 0 Å². The van der Waals surface area contributed by atoms with Crippen molar-refractivity contribution in [1.82, 2.24) is 15.2 Å². The summed E-state index contributed by atoms with van der Waals surface area (Å²) in [5.41, 5.74) is 0. The summed E-state index contributed by atoms with van der Waals surface area (Å²) in [7, 11) is 0. The molecule has 0 bridgehead atoms. The van der Waals surface area contributed by atoms with Crippen molar-refractivity contribution in [2.24, 2.45) is 10.9 Å². The van der Waals surface area contributed by atoms with E-state index in [1.165, 1.54) is 12.8 Å². The van der Waals surface area contributed by atoms with Gasteiger partial charge >= 0.3 is 0 Å². The van der Waals surface area contributed by atoms with Crippen LogP contribution in [-0.4, -0.2) is 68.3 Å². The third kappa shape index (κ3) is 5.09. The van der Waals surface area contributed by atoms with E-state index in [4.69, 9.17) is 9.73 Å². The molecule has 2 aliphatic rings. The number of guanidine groups is 1.